The number of phenolic OH excluding ortho intramolecular Hbond substituents is 1. The number of piperidine rings is 1. The maximum atomic E-state index is 12.1. The molecule has 1 fully saturated rings. The molecule has 2 amide bonds. The minimum absolute atomic E-state index is 0.145. The van der Waals surface area contributed by atoms with Crippen LogP contribution in [0.25, 0.3) is 0 Å². The van der Waals surface area contributed by atoms with Crippen LogP contribution in [0.3, 0.4) is 0 Å². The molecule has 1 aliphatic heterocycles. The number of hydrogen-bond acceptors (Lipinski definition) is 4. The fourth-order valence-corrected chi connectivity index (χ4v) is 3.55. The minimum Gasteiger partial charge on any atom is -0.508 e. The zero-order chi connectivity index (χ0) is 19.8. The molecule has 1 heterocycles. The summed E-state index contributed by atoms with van der Waals surface area (Å²) >= 11 is 0. The molecule has 0 aliphatic carbocycles. The topological polar surface area (TPSA) is 84.8 Å². The van der Waals surface area contributed by atoms with Crippen molar-refractivity contribution >= 4 is 6.03 Å². The zero-order valence-corrected chi connectivity index (χ0v) is 16.1. The number of aliphatic hydroxyl groups excluding tert-OH is 1. The van der Waals surface area contributed by atoms with Gasteiger partial charge in [0.25, 0.3) is 0 Å². The summed E-state index contributed by atoms with van der Waals surface area (Å²) in [6.07, 6.45) is 1.70. The van der Waals surface area contributed by atoms with Crippen LogP contribution in [0, 0.1) is 0 Å². The fraction of sp³-hybridized carbons (Fsp3) is 0.409. The molecule has 0 radical (unpaired) electrons. The Hall–Kier alpha value is -2.57. The number of phenols is 1. The van der Waals surface area contributed by atoms with Crippen LogP contribution in [0.1, 0.15) is 24.0 Å². The Kier molecular flexibility index (Phi) is 7.28. The molecule has 0 aromatic heterocycles. The lowest BCUT2D eigenvalue weighted by Gasteiger charge is -2.32. The molecule has 0 saturated carbocycles. The Labute approximate surface area is 166 Å². The van der Waals surface area contributed by atoms with Gasteiger partial charge >= 0.3 is 6.03 Å². The highest BCUT2D eigenvalue weighted by Gasteiger charge is 2.21. The Bertz CT molecular complexity index is 746. The van der Waals surface area contributed by atoms with E-state index in [-0.39, 0.29) is 18.6 Å². The van der Waals surface area contributed by atoms with Gasteiger partial charge in [-0.1, -0.05) is 42.5 Å². The van der Waals surface area contributed by atoms with Gasteiger partial charge in [-0.2, -0.15) is 0 Å². The van der Waals surface area contributed by atoms with Gasteiger partial charge in [-0.15, -0.1) is 0 Å². The van der Waals surface area contributed by atoms with Crippen LogP contribution in [0.5, 0.6) is 5.75 Å². The second-order valence-electron chi connectivity index (χ2n) is 7.42. The van der Waals surface area contributed by atoms with Crippen molar-refractivity contribution in [2.45, 2.75) is 38.0 Å². The summed E-state index contributed by atoms with van der Waals surface area (Å²) in [6, 6.07) is 17.0. The zero-order valence-electron chi connectivity index (χ0n) is 16.1. The van der Waals surface area contributed by atoms with Crippen LogP contribution in [-0.2, 0) is 13.0 Å². The Morgan fingerprint density at radius 2 is 1.79 bits per heavy atom. The van der Waals surface area contributed by atoms with Crippen LogP contribution in [0.4, 0.5) is 4.79 Å². The smallest absolute Gasteiger partial charge is 0.315 e. The number of carbonyl (C=O) groups is 1. The summed E-state index contributed by atoms with van der Waals surface area (Å²) in [5, 5.41) is 25.4. The van der Waals surface area contributed by atoms with Gasteiger partial charge in [-0.3, -0.25) is 4.90 Å². The number of amides is 2. The first-order valence-electron chi connectivity index (χ1n) is 9.85. The minimum atomic E-state index is -0.600. The van der Waals surface area contributed by atoms with Gasteiger partial charge in [0.15, 0.2) is 0 Å². The number of hydrogen-bond donors (Lipinski definition) is 4. The molecule has 28 heavy (non-hydrogen) atoms. The van der Waals surface area contributed by atoms with Crippen molar-refractivity contribution in [1.82, 2.24) is 15.5 Å². The summed E-state index contributed by atoms with van der Waals surface area (Å²) < 4.78 is 0. The maximum Gasteiger partial charge on any atom is 0.315 e. The van der Waals surface area contributed by atoms with E-state index in [1.807, 2.05) is 42.5 Å². The van der Waals surface area contributed by atoms with Crippen molar-refractivity contribution in [3.05, 3.63) is 65.7 Å². The molecule has 3 rings (SSSR count). The second kappa shape index (κ2) is 10.1. The standard InChI is InChI=1S/C22H29N3O3/c26-20-8-4-7-18(14-20)16-25-11-9-19(10-12-25)24-22(28)23-15-21(27)13-17-5-2-1-3-6-17/h1-8,14,19,21,26-27H,9-13,15-16H2,(H2,23,24,28)/t21-/m1/s1. The van der Waals surface area contributed by atoms with E-state index in [1.165, 1.54) is 0 Å². The molecule has 1 saturated heterocycles. The average molecular weight is 383 g/mol. The fourth-order valence-electron chi connectivity index (χ4n) is 3.55. The predicted molar refractivity (Wildman–Crippen MR) is 109 cm³/mol. The molecule has 1 atom stereocenters. The van der Waals surface area contributed by atoms with Crippen molar-refractivity contribution in [3.63, 3.8) is 0 Å². The highest BCUT2D eigenvalue weighted by molar-refractivity contribution is 5.74. The van der Waals surface area contributed by atoms with E-state index >= 15 is 0 Å². The summed E-state index contributed by atoms with van der Waals surface area (Å²) in [5.74, 6) is 0.292. The van der Waals surface area contributed by atoms with Gasteiger partial charge in [0.2, 0.25) is 0 Å². The highest BCUT2D eigenvalue weighted by atomic mass is 16.3. The molecule has 4 N–H and O–H groups in total. The van der Waals surface area contributed by atoms with E-state index in [0.717, 1.165) is 43.6 Å². The van der Waals surface area contributed by atoms with Crippen molar-refractivity contribution in [2.75, 3.05) is 19.6 Å². The number of nitrogens with zero attached hydrogens (tertiary/aromatic N) is 1. The Morgan fingerprint density at radius 1 is 1.07 bits per heavy atom. The molecule has 6 heteroatoms. The summed E-state index contributed by atoms with van der Waals surface area (Å²) in [7, 11) is 0. The first-order chi connectivity index (χ1) is 13.6. The summed E-state index contributed by atoms with van der Waals surface area (Å²) in [4.78, 5) is 14.4. The van der Waals surface area contributed by atoms with Crippen LogP contribution >= 0.6 is 0 Å². The van der Waals surface area contributed by atoms with Gasteiger partial charge in [-0.05, 0) is 36.1 Å². The molecule has 1 aliphatic rings. The SMILES string of the molecule is O=C(NC[C@H](O)Cc1ccccc1)NC1CCN(Cc2cccc(O)c2)CC1. The van der Waals surface area contributed by atoms with E-state index in [4.69, 9.17) is 0 Å². The number of benzene rings is 2. The summed E-state index contributed by atoms with van der Waals surface area (Å²) in [6.45, 7) is 2.84. The molecule has 2 aromatic rings. The van der Waals surface area contributed by atoms with Crippen molar-refractivity contribution in [1.29, 1.82) is 0 Å². The summed E-state index contributed by atoms with van der Waals surface area (Å²) in [5.41, 5.74) is 2.15. The normalized spacial score (nSPS) is 16.5. The maximum absolute atomic E-state index is 12.1. The van der Waals surface area contributed by atoms with E-state index in [9.17, 15) is 15.0 Å². The van der Waals surface area contributed by atoms with Crippen LogP contribution in [0.2, 0.25) is 0 Å². The van der Waals surface area contributed by atoms with E-state index in [1.54, 1.807) is 12.1 Å². The number of rotatable bonds is 7. The van der Waals surface area contributed by atoms with Gasteiger partial charge in [0, 0.05) is 38.6 Å². The van der Waals surface area contributed by atoms with Gasteiger partial charge in [0.1, 0.15) is 5.75 Å². The number of urea groups is 1. The molecule has 150 valence electrons. The van der Waals surface area contributed by atoms with Crippen molar-refractivity contribution < 1.29 is 15.0 Å². The van der Waals surface area contributed by atoms with Gasteiger partial charge in [-0.25, -0.2) is 4.79 Å². The number of nitrogens with one attached hydrogen (secondary N) is 2. The van der Waals surface area contributed by atoms with Gasteiger partial charge < -0.3 is 20.8 Å². The molecule has 6 nitrogen and oxygen atoms in total. The predicted octanol–water partition coefficient (Wildman–Crippen LogP) is 2.26. The number of aliphatic hydroxyl groups is 1. The number of likely N-dealkylation sites (tertiary alicyclic amines) is 1. The van der Waals surface area contributed by atoms with E-state index < -0.39 is 6.10 Å². The van der Waals surface area contributed by atoms with Crippen LogP contribution in [0.15, 0.2) is 54.6 Å². The molecule has 2 aromatic carbocycles. The molecular formula is C22H29N3O3. The third-order valence-electron chi connectivity index (χ3n) is 5.05. The van der Waals surface area contributed by atoms with Crippen molar-refractivity contribution in [3.8, 4) is 5.75 Å². The average Bonchev–Trinajstić information content (AvgIpc) is 2.69. The Morgan fingerprint density at radius 3 is 2.50 bits per heavy atom. The molecular weight excluding hydrogens is 354 g/mol. The van der Waals surface area contributed by atoms with Crippen molar-refractivity contribution in [2.24, 2.45) is 0 Å². The quantitative estimate of drug-likeness (QED) is 0.591. The third kappa shape index (κ3) is 6.55. The lowest BCUT2D eigenvalue weighted by Crippen LogP contribution is -2.49. The highest BCUT2D eigenvalue weighted by Crippen LogP contribution is 2.16. The lowest BCUT2D eigenvalue weighted by atomic mass is 10.0. The van der Waals surface area contributed by atoms with Gasteiger partial charge in [0.05, 0.1) is 6.10 Å². The monoisotopic (exact) mass is 383 g/mol. The van der Waals surface area contributed by atoms with E-state index in [0.29, 0.717) is 12.2 Å². The largest absolute Gasteiger partial charge is 0.508 e. The second-order valence-corrected chi connectivity index (χ2v) is 7.42. The lowest BCUT2D eigenvalue weighted by molar-refractivity contribution is 0.165. The first kappa shape index (κ1) is 20.2. The Balaban J connectivity index is 1.33. The number of carbonyl (C=O) groups excluding carboxylic acids is 1. The van der Waals surface area contributed by atoms with E-state index in [2.05, 4.69) is 15.5 Å². The number of aromatic hydroxyl groups is 1. The molecule has 0 unspecified atom stereocenters. The van der Waals surface area contributed by atoms with Crippen LogP contribution in [-0.4, -0.2) is 52.9 Å². The first-order valence-corrected chi connectivity index (χ1v) is 9.85. The molecule has 0 bridgehead atoms. The third-order valence-corrected chi connectivity index (χ3v) is 5.05. The van der Waals surface area contributed by atoms with Crippen LogP contribution < -0.4 is 10.6 Å². The molecule has 0 spiro atoms.